The summed E-state index contributed by atoms with van der Waals surface area (Å²) in [6, 6.07) is 13.3. The first kappa shape index (κ1) is 32.9. The van der Waals surface area contributed by atoms with Crippen molar-refractivity contribution in [2.75, 3.05) is 13.2 Å². The highest BCUT2D eigenvalue weighted by Gasteiger charge is 2.48. The van der Waals surface area contributed by atoms with Crippen LogP contribution in [0.3, 0.4) is 0 Å². The van der Waals surface area contributed by atoms with E-state index in [4.69, 9.17) is 24.6 Å². The molecule has 0 saturated carbocycles. The summed E-state index contributed by atoms with van der Waals surface area (Å²) < 4.78 is 44.7. The predicted molar refractivity (Wildman–Crippen MR) is 174 cm³/mol. The SMILES string of the molecule is [2H]CC1OC(n2cnc3c(OCC[Si](C)(C)C)ncnc32)[C@H](OCc2ccccc2)[C@@H]1OP(OCCC#N)N(C(C)C)C(C)C. The molecular formula is C31H47N6O5PSi. The summed E-state index contributed by atoms with van der Waals surface area (Å²) in [5.74, 6) is 0.431. The quantitative estimate of drug-likeness (QED) is 0.0947. The van der Waals surface area contributed by atoms with Crippen molar-refractivity contribution < 1.29 is 24.6 Å². The third kappa shape index (κ3) is 8.82. The van der Waals surface area contributed by atoms with E-state index in [0.29, 0.717) is 30.3 Å². The van der Waals surface area contributed by atoms with E-state index >= 15 is 0 Å². The highest BCUT2D eigenvalue weighted by molar-refractivity contribution is 7.44. The third-order valence-corrected chi connectivity index (χ3v) is 11.0. The number of hydrogen-bond acceptors (Lipinski definition) is 10. The minimum atomic E-state index is -1.61. The lowest BCUT2D eigenvalue weighted by atomic mass is 10.1. The number of nitrogens with zero attached hydrogens (tertiary/aromatic N) is 6. The Hall–Kier alpha value is -2.49. The van der Waals surface area contributed by atoms with Crippen molar-refractivity contribution in [3.05, 3.63) is 48.5 Å². The normalized spacial score (nSPS) is 21.7. The second-order valence-corrected chi connectivity index (χ2v) is 19.6. The van der Waals surface area contributed by atoms with Gasteiger partial charge >= 0.3 is 0 Å². The number of hydrogen-bond donors (Lipinski definition) is 0. The van der Waals surface area contributed by atoms with Crippen LogP contribution in [0.2, 0.25) is 25.7 Å². The zero-order valence-electron chi connectivity index (χ0n) is 27.9. The van der Waals surface area contributed by atoms with Crippen molar-refractivity contribution in [3.8, 4) is 11.9 Å². The van der Waals surface area contributed by atoms with Crippen LogP contribution in [0.25, 0.3) is 11.2 Å². The number of benzene rings is 1. The molecule has 0 aliphatic carbocycles. The van der Waals surface area contributed by atoms with E-state index in [2.05, 4.69) is 73.0 Å². The number of nitriles is 1. The topological polar surface area (TPSA) is 117 Å². The summed E-state index contributed by atoms with van der Waals surface area (Å²) in [5.41, 5.74) is 2.09. The van der Waals surface area contributed by atoms with E-state index in [0.717, 1.165) is 11.6 Å². The van der Waals surface area contributed by atoms with Gasteiger partial charge in [0.2, 0.25) is 5.88 Å². The Morgan fingerprint density at radius 2 is 1.84 bits per heavy atom. The number of imidazole rings is 1. The first-order chi connectivity index (χ1) is 21.5. The van der Waals surface area contributed by atoms with E-state index in [1.807, 2.05) is 34.9 Å². The first-order valence-corrected chi connectivity index (χ1v) is 20.0. The van der Waals surface area contributed by atoms with Gasteiger partial charge in [0.25, 0.3) is 8.53 Å². The Morgan fingerprint density at radius 1 is 1.09 bits per heavy atom. The van der Waals surface area contributed by atoms with Gasteiger partial charge in [-0.25, -0.2) is 14.6 Å². The molecule has 0 bridgehead atoms. The summed E-state index contributed by atoms with van der Waals surface area (Å²) in [5, 5.41) is 9.18. The van der Waals surface area contributed by atoms with Crippen LogP contribution in [-0.4, -0.2) is 75.9 Å². The van der Waals surface area contributed by atoms with Crippen LogP contribution in [0.5, 0.6) is 5.88 Å². The molecule has 11 nitrogen and oxygen atoms in total. The molecule has 0 spiro atoms. The van der Waals surface area contributed by atoms with Crippen molar-refractivity contribution in [1.29, 1.82) is 5.26 Å². The molecule has 13 heteroatoms. The summed E-state index contributed by atoms with van der Waals surface area (Å²) in [6.45, 7) is 16.3. The molecule has 3 heterocycles. The smallest absolute Gasteiger partial charge is 0.259 e. The lowest BCUT2D eigenvalue weighted by Crippen LogP contribution is -2.39. The number of rotatable bonds is 16. The summed E-state index contributed by atoms with van der Waals surface area (Å²) in [4.78, 5) is 13.6. The van der Waals surface area contributed by atoms with Gasteiger partial charge in [-0.15, -0.1) is 0 Å². The number of fused-ring (bicyclic) bond motifs is 1. The summed E-state index contributed by atoms with van der Waals surface area (Å²) in [6.07, 6.45) is 0.805. The van der Waals surface area contributed by atoms with Crippen molar-refractivity contribution in [3.63, 3.8) is 0 Å². The predicted octanol–water partition coefficient (Wildman–Crippen LogP) is 6.71. The van der Waals surface area contributed by atoms with Gasteiger partial charge in [0, 0.05) is 21.5 Å². The molecular weight excluding hydrogens is 595 g/mol. The molecule has 5 atom stereocenters. The van der Waals surface area contributed by atoms with Crippen LogP contribution in [0.4, 0.5) is 0 Å². The molecule has 3 aromatic rings. The van der Waals surface area contributed by atoms with E-state index in [1.54, 1.807) is 6.33 Å². The largest absolute Gasteiger partial charge is 0.476 e. The van der Waals surface area contributed by atoms with E-state index in [-0.39, 0.29) is 32.0 Å². The minimum absolute atomic E-state index is 0.0518. The van der Waals surface area contributed by atoms with Gasteiger partial charge in [-0.05, 0) is 46.2 Å². The van der Waals surface area contributed by atoms with E-state index in [1.165, 1.54) is 6.33 Å². The molecule has 0 radical (unpaired) electrons. The molecule has 0 amide bonds. The standard InChI is InChI=1S/C31H47N6O5PSi/c1-22(2)37(23(3)4)43(40-16-12-15-32)42-27-24(5)41-31(28(27)39-19-25-13-10-9-11-14-25)36-21-35-26-29(36)33-20-34-30(26)38-17-18-44(6,7)8/h9-11,13-14,20-24,27-28,31H,12,16-19H2,1-8H3/t24?,27-,28-,31?,43?/m1/s1/i5D. The third-order valence-electron chi connectivity index (χ3n) is 7.14. The van der Waals surface area contributed by atoms with Gasteiger partial charge in [0.05, 0.1) is 44.7 Å². The molecule has 0 N–H and O–H groups in total. The van der Waals surface area contributed by atoms with Gasteiger partial charge in [0.15, 0.2) is 17.4 Å². The highest BCUT2D eigenvalue weighted by Crippen LogP contribution is 2.50. The van der Waals surface area contributed by atoms with Crippen LogP contribution in [0, 0.1) is 11.3 Å². The van der Waals surface area contributed by atoms with Crippen molar-refractivity contribution in [2.45, 2.75) is 110 Å². The molecule has 2 aromatic heterocycles. The molecule has 1 aromatic carbocycles. The fraction of sp³-hybridized carbons (Fsp3) is 0.613. The maximum absolute atomic E-state index is 9.18. The van der Waals surface area contributed by atoms with Crippen molar-refractivity contribution in [2.24, 2.45) is 0 Å². The van der Waals surface area contributed by atoms with Crippen molar-refractivity contribution >= 4 is 27.8 Å². The van der Waals surface area contributed by atoms with Crippen LogP contribution in [-0.2, 0) is 25.1 Å². The van der Waals surface area contributed by atoms with Gasteiger partial charge in [-0.1, -0.05) is 50.0 Å². The maximum Gasteiger partial charge on any atom is 0.259 e. The van der Waals surface area contributed by atoms with Gasteiger partial charge in [-0.3, -0.25) is 4.57 Å². The van der Waals surface area contributed by atoms with Crippen LogP contribution in [0.15, 0.2) is 43.0 Å². The minimum Gasteiger partial charge on any atom is -0.476 e. The Balaban J connectivity index is 1.69. The van der Waals surface area contributed by atoms with Gasteiger partial charge < -0.3 is 23.3 Å². The second-order valence-electron chi connectivity index (χ2n) is 12.6. The Labute approximate surface area is 265 Å². The average Bonchev–Trinajstić information content (AvgIpc) is 3.57. The molecule has 1 fully saturated rings. The lowest BCUT2D eigenvalue weighted by Gasteiger charge is -2.38. The van der Waals surface area contributed by atoms with E-state index < -0.39 is 41.1 Å². The summed E-state index contributed by atoms with van der Waals surface area (Å²) >= 11 is 0. The van der Waals surface area contributed by atoms with Gasteiger partial charge in [-0.2, -0.15) is 10.2 Å². The molecule has 1 aliphatic heterocycles. The fourth-order valence-electron chi connectivity index (χ4n) is 4.98. The zero-order valence-corrected chi connectivity index (χ0v) is 28.8. The molecule has 3 unspecified atom stereocenters. The maximum atomic E-state index is 9.18. The number of ether oxygens (including phenoxy) is 3. The molecule has 44 heavy (non-hydrogen) atoms. The molecule has 240 valence electrons. The van der Waals surface area contributed by atoms with Crippen LogP contribution < -0.4 is 4.74 Å². The second kappa shape index (κ2) is 15.7. The highest BCUT2D eigenvalue weighted by atomic mass is 31.2. The first-order valence-electron chi connectivity index (χ1n) is 15.9. The Bertz CT molecular complexity index is 1380. The van der Waals surface area contributed by atoms with Crippen LogP contribution >= 0.6 is 8.53 Å². The molecule has 1 saturated heterocycles. The Morgan fingerprint density at radius 3 is 2.50 bits per heavy atom. The van der Waals surface area contributed by atoms with Crippen molar-refractivity contribution in [1.82, 2.24) is 24.2 Å². The average molecular weight is 644 g/mol. The fourth-order valence-corrected chi connectivity index (χ4v) is 7.46. The molecule has 4 rings (SSSR count). The zero-order chi connectivity index (χ0) is 32.6. The van der Waals surface area contributed by atoms with Crippen LogP contribution in [0.1, 0.15) is 54.2 Å². The Kier molecular flexibility index (Phi) is 11.7. The van der Waals surface area contributed by atoms with Gasteiger partial charge in [0.1, 0.15) is 18.5 Å². The van der Waals surface area contributed by atoms with E-state index in [9.17, 15) is 5.26 Å². The summed E-state index contributed by atoms with van der Waals surface area (Å²) in [7, 11) is -2.91. The monoisotopic (exact) mass is 643 g/mol. The lowest BCUT2D eigenvalue weighted by molar-refractivity contribution is -0.0714. The molecule has 1 aliphatic rings. The number of aromatic nitrogens is 4.